The number of benzene rings is 1. The first kappa shape index (κ1) is 20.0. The summed E-state index contributed by atoms with van der Waals surface area (Å²) in [5, 5.41) is 10.6. The van der Waals surface area contributed by atoms with Crippen molar-refractivity contribution in [1.82, 2.24) is 25.0 Å². The van der Waals surface area contributed by atoms with Gasteiger partial charge in [0.2, 0.25) is 0 Å². The van der Waals surface area contributed by atoms with E-state index < -0.39 is 11.6 Å². The number of halogens is 2. The Labute approximate surface area is 162 Å². The molecule has 0 saturated carbocycles. The summed E-state index contributed by atoms with van der Waals surface area (Å²) in [6.07, 6.45) is 3.64. The molecule has 2 heterocycles. The molecule has 9 heteroatoms. The fourth-order valence-corrected chi connectivity index (χ4v) is 3.20. The molecule has 0 fully saturated rings. The molecule has 3 rings (SSSR count). The Hall–Kier alpha value is -2.71. The van der Waals surface area contributed by atoms with Crippen LogP contribution in [-0.4, -0.2) is 33.4 Å². The molecule has 0 unspecified atom stereocenters. The van der Waals surface area contributed by atoms with Crippen molar-refractivity contribution in [2.24, 2.45) is 4.99 Å². The van der Waals surface area contributed by atoms with Crippen LogP contribution in [0.25, 0.3) is 0 Å². The van der Waals surface area contributed by atoms with Crippen LogP contribution >= 0.6 is 0 Å². The summed E-state index contributed by atoms with van der Waals surface area (Å²) in [6, 6.07) is 3.33. The molecule has 2 aromatic rings. The normalized spacial score (nSPS) is 14.0. The van der Waals surface area contributed by atoms with Crippen LogP contribution in [0.1, 0.15) is 37.6 Å². The predicted molar refractivity (Wildman–Crippen MR) is 103 cm³/mol. The number of nitrogens with zero attached hydrogens (tertiary/aromatic N) is 4. The number of fused-ring (bicyclic) bond motifs is 1. The molecule has 0 spiro atoms. The molecule has 0 amide bonds. The third-order valence-corrected chi connectivity index (χ3v) is 4.63. The van der Waals surface area contributed by atoms with Gasteiger partial charge in [0, 0.05) is 38.2 Å². The Morgan fingerprint density at radius 2 is 2.14 bits per heavy atom. The Bertz CT molecular complexity index is 889. The topological polar surface area (TPSA) is 76.2 Å². The number of aromatic nitrogens is 3. The predicted octanol–water partition coefficient (Wildman–Crippen LogP) is 1.80. The summed E-state index contributed by atoms with van der Waals surface area (Å²) in [5.74, 6) is 0.417. The Balaban J connectivity index is 1.53. The molecule has 0 bridgehead atoms. The fourth-order valence-electron chi connectivity index (χ4n) is 3.20. The summed E-state index contributed by atoms with van der Waals surface area (Å²) in [5.41, 5.74) is 0.157. The van der Waals surface area contributed by atoms with E-state index in [0.717, 1.165) is 49.8 Å². The number of hydrogen-bond donors (Lipinski definition) is 2. The van der Waals surface area contributed by atoms with Gasteiger partial charge in [0.25, 0.3) is 0 Å². The fraction of sp³-hybridized carbons (Fsp3) is 0.526. The zero-order valence-corrected chi connectivity index (χ0v) is 16.0. The van der Waals surface area contributed by atoms with Crippen LogP contribution in [0.3, 0.4) is 0 Å². The van der Waals surface area contributed by atoms with E-state index >= 15 is 0 Å². The lowest BCUT2D eigenvalue weighted by atomic mass is 10.2. The maximum Gasteiger partial charge on any atom is 0.345 e. The van der Waals surface area contributed by atoms with E-state index in [2.05, 4.69) is 20.7 Å². The van der Waals surface area contributed by atoms with E-state index in [1.165, 1.54) is 4.68 Å². The minimum absolute atomic E-state index is 0.0339. The van der Waals surface area contributed by atoms with Gasteiger partial charge in [0.05, 0.1) is 6.54 Å². The van der Waals surface area contributed by atoms with Crippen LogP contribution in [0, 0.1) is 11.6 Å². The standard InChI is InChI=1S/C19H26F2N6O/c1-2-22-18(24-13-14-12-15(20)7-8-16(14)21)23-9-5-11-27-19(28)26-10-4-3-6-17(26)25-27/h7-8,12H,2-6,9-11,13H2,1H3,(H2,22,23,24). The Morgan fingerprint density at radius 3 is 2.93 bits per heavy atom. The highest BCUT2D eigenvalue weighted by atomic mass is 19.1. The summed E-state index contributed by atoms with van der Waals surface area (Å²) in [7, 11) is 0. The third kappa shape index (κ3) is 4.96. The zero-order valence-electron chi connectivity index (χ0n) is 16.0. The molecule has 0 atom stereocenters. The second kappa shape index (κ2) is 9.48. The average molecular weight is 392 g/mol. The first-order chi connectivity index (χ1) is 13.6. The lowest BCUT2D eigenvalue weighted by Crippen LogP contribution is -2.38. The van der Waals surface area contributed by atoms with Crippen LogP contribution in [0.15, 0.2) is 28.0 Å². The molecular formula is C19H26F2N6O. The van der Waals surface area contributed by atoms with Gasteiger partial charge < -0.3 is 10.6 Å². The highest BCUT2D eigenvalue weighted by molar-refractivity contribution is 5.79. The van der Waals surface area contributed by atoms with Gasteiger partial charge in [-0.25, -0.2) is 23.2 Å². The Morgan fingerprint density at radius 1 is 1.29 bits per heavy atom. The monoisotopic (exact) mass is 392 g/mol. The molecule has 1 aromatic carbocycles. The molecule has 0 aliphatic carbocycles. The van der Waals surface area contributed by atoms with Crippen molar-refractivity contribution in [3.8, 4) is 0 Å². The van der Waals surface area contributed by atoms with Crippen molar-refractivity contribution in [2.75, 3.05) is 13.1 Å². The van der Waals surface area contributed by atoms with Crippen molar-refractivity contribution in [2.45, 2.75) is 52.2 Å². The SMILES string of the molecule is CCNC(=NCc1cc(F)ccc1F)NCCCn1nc2n(c1=O)CCCC2. The first-order valence-electron chi connectivity index (χ1n) is 9.71. The number of nitrogens with one attached hydrogen (secondary N) is 2. The molecule has 1 aliphatic rings. The van der Waals surface area contributed by atoms with Crippen molar-refractivity contribution < 1.29 is 8.78 Å². The number of aryl methyl sites for hydroxylation is 2. The second-order valence-electron chi connectivity index (χ2n) is 6.74. The van der Waals surface area contributed by atoms with Gasteiger partial charge in [-0.2, -0.15) is 5.10 Å². The number of hydrogen-bond acceptors (Lipinski definition) is 3. The Kier molecular flexibility index (Phi) is 6.78. The summed E-state index contributed by atoms with van der Waals surface area (Å²) in [4.78, 5) is 16.6. The maximum absolute atomic E-state index is 13.7. The van der Waals surface area contributed by atoms with Gasteiger partial charge in [0.1, 0.15) is 17.5 Å². The van der Waals surface area contributed by atoms with Crippen molar-refractivity contribution in [3.05, 3.63) is 51.7 Å². The van der Waals surface area contributed by atoms with E-state index in [1.54, 1.807) is 4.57 Å². The molecule has 1 aliphatic heterocycles. The minimum atomic E-state index is -0.488. The first-order valence-corrected chi connectivity index (χ1v) is 9.71. The van der Waals surface area contributed by atoms with E-state index in [-0.39, 0.29) is 17.8 Å². The van der Waals surface area contributed by atoms with Gasteiger partial charge in [-0.05, 0) is 44.4 Å². The highest BCUT2D eigenvalue weighted by Gasteiger charge is 2.16. The van der Waals surface area contributed by atoms with Crippen LogP contribution in [-0.2, 0) is 26.1 Å². The largest absolute Gasteiger partial charge is 0.357 e. The van der Waals surface area contributed by atoms with E-state index in [1.807, 2.05) is 6.92 Å². The average Bonchev–Trinajstić information content (AvgIpc) is 3.01. The number of guanidine groups is 1. The summed E-state index contributed by atoms with van der Waals surface area (Å²) >= 11 is 0. The lowest BCUT2D eigenvalue weighted by molar-refractivity contribution is 0.509. The minimum Gasteiger partial charge on any atom is -0.357 e. The third-order valence-electron chi connectivity index (χ3n) is 4.63. The molecule has 2 N–H and O–H groups in total. The maximum atomic E-state index is 13.7. The van der Waals surface area contributed by atoms with Gasteiger partial charge >= 0.3 is 5.69 Å². The zero-order chi connectivity index (χ0) is 19.9. The van der Waals surface area contributed by atoms with Crippen LogP contribution in [0.2, 0.25) is 0 Å². The lowest BCUT2D eigenvalue weighted by Gasteiger charge is -2.11. The van der Waals surface area contributed by atoms with Crippen molar-refractivity contribution >= 4 is 5.96 Å². The smallest absolute Gasteiger partial charge is 0.345 e. The molecule has 28 heavy (non-hydrogen) atoms. The van der Waals surface area contributed by atoms with Gasteiger partial charge in [-0.1, -0.05) is 0 Å². The summed E-state index contributed by atoms with van der Waals surface area (Å²) < 4.78 is 30.3. The molecule has 0 radical (unpaired) electrons. The van der Waals surface area contributed by atoms with E-state index in [9.17, 15) is 13.6 Å². The quantitative estimate of drug-likeness (QED) is 0.428. The molecular weight excluding hydrogens is 366 g/mol. The van der Waals surface area contributed by atoms with Crippen molar-refractivity contribution in [3.63, 3.8) is 0 Å². The van der Waals surface area contributed by atoms with Crippen LogP contribution in [0.4, 0.5) is 8.78 Å². The molecule has 152 valence electrons. The van der Waals surface area contributed by atoms with Gasteiger partial charge in [-0.3, -0.25) is 4.57 Å². The van der Waals surface area contributed by atoms with E-state index in [4.69, 9.17) is 0 Å². The molecule has 0 saturated heterocycles. The molecule has 7 nitrogen and oxygen atoms in total. The number of rotatable bonds is 7. The van der Waals surface area contributed by atoms with Crippen molar-refractivity contribution in [1.29, 1.82) is 0 Å². The van der Waals surface area contributed by atoms with Crippen LogP contribution < -0.4 is 16.3 Å². The van der Waals surface area contributed by atoms with Gasteiger partial charge in [-0.15, -0.1) is 0 Å². The van der Waals surface area contributed by atoms with Gasteiger partial charge in [0.15, 0.2) is 5.96 Å². The van der Waals surface area contributed by atoms with E-state index in [0.29, 0.717) is 32.0 Å². The summed E-state index contributed by atoms with van der Waals surface area (Å²) in [6.45, 7) is 4.45. The second-order valence-corrected chi connectivity index (χ2v) is 6.74. The van der Waals surface area contributed by atoms with Crippen LogP contribution in [0.5, 0.6) is 0 Å². The highest BCUT2D eigenvalue weighted by Crippen LogP contribution is 2.11. The number of aliphatic imine (C=N–C) groups is 1. The molecule has 1 aromatic heterocycles.